The summed E-state index contributed by atoms with van der Waals surface area (Å²) in [6.07, 6.45) is 4.84. The lowest BCUT2D eigenvalue weighted by molar-refractivity contribution is -0.384. The number of carbonyl (C=O) groups is 1. The summed E-state index contributed by atoms with van der Waals surface area (Å²) in [5.74, 6) is -0.633. The van der Waals surface area contributed by atoms with Gasteiger partial charge >= 0.3 is 0 Å². The van der Waals surface area contributed by atoms with E-state index in [4.69, 9.17) is 11.6 Å². The minimum atomic E-state index is -0.633. The highest BCUT2D eigenvalue weighted by molar-refractivity contribution is 7.98. The highest BCUT2D eigenvalue weighted by Crippen LogP contribution is 2.28. The number of nitrogens with zero attached hydrogens (tertiary/aromatic N) is 5. The molecule has 0 bridgehead atoms. The smallest absolute Gasteiger partial charge is 0.289 e. The first-order valence-corrected chi connectivity index (χ1v) is 10.2. The highest BCUT2D eigenvalue weighted by Gasteiger charge is 2.16. The number of nitro groups is 1. The molecule has 146 valence electrons. The zero-order valence-electron chi connectivity index (χ0n) is 14.7. The Hall–Kier alpha value is -3.20. The van der Waals surface area contributed by atoms with E-state index in [0.717, 1.165) is 11.5 Å². The molecule has 0 spiro atoms. The van der Waals surface area contributed by atoms with Crippen molar-refractivity contribution in [2.24, 2.45) is 0 Å². The number of rotatable bonds is 6. The van der Waals surface area contributed by atoms with Crippen LogP contribution in [0.2, 0.25) is 5.02 Å². The number of hydrogen-bond acceptors (Lipinski definition) is 8. The number of hydrogen-bond donors (Lipinski definition) is 1. The van der Waals surface area contributed by atoms with Gasteiger partial charge in [-0.2, -0.15) is 14.6 Å². The summed E-state index contributed by atoms with van der Waals surface area (Å²) in [5, 5.41) is 23.9. The molecule has 0 unspecified atom stereocenters. The lowest BCUT2D eigenvalue weighted by Crippen LogP contribution is -2.13. The number of halogens is 1. The van der Waals surface area contributed by atoms with Gasteiger partial charge in [-0.25, -0.2) is 0 Å². The van der Waals surface area contributed by atoms with Gasteiger partial charge in [0.15, 0.2) is 0 Å². The van der Waals surface area contributed by atoms with Gasteiger partial charge in [0.2, 0.25) is 10.3 Å². The predicted octanol–water partition coefficient (Wildman–Crippen LogP) is 4.16. The minimum absolute atomic E-state index is 0.0155. The van der Waals surface area contributed by atoms with Crippen molar-refractivity contribution in [3.8, 4) is 11.8 Å². The first-order valence-electron chi connectivity index (χ1n) is 7.85. The summed E-state index contributed by atoms with van der Waals surface area (Å²) in [7, 11) is 0. The molecule has 12 heteroatoms. The summed E-state index contributed by atoms with van der Waals surface area (Å²) >= 11 is 8.21. The summed E-state index contributed by atoms with van der Waals surface area (Å²) in [6, 6.07) is 9.55. The maximum absolute atomic E-state index is 12.4. The Bertz CT molecular complexity index is 1160. The van der Waals surface area contributed by atoms with Gasteiger partial charge < -0.3 is 4.57 Å². The Morgan fingerprint density at radius 3 is 2.93 bits per heavy atom. The van der Waals surface area contributed by atoms with Crippen molar-refractivity contribution in [3.63, 3.8) is 0 Å². The summed E-state index contributed by atoms with van der Waals surface area (Å²) in [4.78, 5) is 27.1. The Morgan fingerprint density at radius 2 is 2.28 bits per heavy atom. The molecule has 0 aliphatic heterocycles. The molecule has 0 fully saturated rings. The number of nitriles is 1. The van der Waals surface area contributed by atoms with Crippen molar-refractivity contribution in [2.45, 2.75) is 5.16 Å². The van der Waals surface area contributed by atoms with E-state index < -0.39 is 10.8 Å². The molecule has 9 nitrogen and oxygen atoms in total. The topological polar surface area (TPSA) is 127 Å². The Balaban J connectivity index is 1.91. The molecule has 0 aliphatic rings. The fraction of sp³-hybridized carbons (Fsp3) is 0.0588. The number of aromatic nitrogens is 3. The maximum Gasteiger partial charge on any atom is 0.289 e. The van der Waals surface area contributed by atoms with Gasteiger partial charge in [0, 0.05) is 29.5 Å². The number of thioether (sulfide) groups is 1. The SMILES string of the molecule is CSc1nsc(NC(=O)C(C#N)=Cc2cccn2-c2ccc(Cl)c([N+](=O)[O-])c2)n1. The van der Waals surface area contributed by atoms with Crippen molar-refractivity contribution in [2.75, 3.05) is 11.6 Å². The van der Waals surface area contributed by atoms with Crippen molar-refractivity contribution in [1.29, 1.82) is 5.26 Å². The number of nitro benzene ring substituents is 1. The molecular weight excluding hydrogens is 436 g/mol. The zero-order chi connectivity index (χ0) is 21.0. The zero-order valence-corrected chi connectivity index (χ0v) is 17.1. The molecule has 0 saturated heterocycles. The van der Waals surface area contributed by atoms with Gasteiger partial charge in [0.05, 0.1) is 10.6 Å². The molecule has 2 aromatic heterocycles. The van der Waals surface area contributed by atoms with E-state index in [9.17, 15) is 20.2 Å². The number of benzene rings is 1. The monoisotopic (exact) mass is 446 g/mol. The molecule has 29 heavy (non-hydrogen) atoms. The van der Waals surface area contributed by atoms with Crippen LogP contribution in [0.5, 0.6) is 0 Å². The van der Waals surface area contributed by atoms with Crippen LogP contribution in [0.4, 0.5) is 10.8 Å². The van der Waals surface area contributed by atoms with Crippen LogP contribution in [0.1, 0.15) is 5.69 Å². The van der Waals surface area contributed by atoms with Crippen molar-refractivity contribution < 1.29 is 9.72 Å². The van der Waals surface area contributed by atoms with E-state index in [2.05, 4.69) is 14.7 Å². The second-order valence-corrected chi connectivity index (χ2v) is 7.34. The van der Waals surface area contributed by atoms with E-state index in [0.29, 0.717) is 16.5 Å². The van der Waals surface area contributed by atoms with Gasteiger partial charge in [-0.1, -0.05) is 23.4 Å². The van der Waals surface area contributed by atoms with E-state index >= 15 is 0 Å². The van der Waals surface area contributed by atoms with Gasteiger partial charge in [0.1, 0.15) is 16.7 Å². The summed E-state index contributed by atoms with van der Waals surface area (Å²) in [6.45, 7) is 0. The third-order valence-electron chi connectivity index (χ3n) is 3.65. The molecule has 0 aliphatic carbocycles. The third-order valence-corrected chi connectivity index (χ3v) is 5.27. The van der Waals surface area contributed by atoms with E-state index in [-0.39, 0.29) is 21.4 Å². The van der Waals surface area contributed by atoms with Gasteiger partial charge in [-0.15, -0.1) is 0 Å². The standard InChI is InChI=1S/C17H11ClN6O3S2/c1-28-17-21-16(29-22-17)20-15(25)10(9-19)7-11-3-2-6-23(11)12-4-5-13(18)14(8-12)24(26)27/h2-8H,1H3,(H,20,21,22,25). The Labute approximate surface area is 178 Å². The van der Waals surface area contributed by atoms with Crippen LogP contribution < -0.4 is 5.32 Å². The number of amides is 1. The predicted molar refractivity (Wildman–Crippen MR) is 111 cm³/mol. The van der Waals surface area contributed by atoms with Crippen LogP contribution in [0.15, 0.2) is 47.3 Å². The summed E-state index contributed by atoms with van der Waals surface area (Å²) in [5.41, 5.74) is 0.542. The molecule has 0 radical (unpaired) electrons. The van der Waals surface area contributed by atoms with Crippen LogP contribution >= 0.6 is 34.9 Å². The molecule has 1 N–H and O–H groups in total. The van der Waals surface area contributed by atoms with Crippen LogP contribution in [-0.2, 0) is 4.79 Å². The molecule has 1 aromatic carbocycles. The van der Waals surface area contributed by atoms with Crippen LogP contribution in [-0.4, -0.2) is 31.0 Å². The fourth-order valence-electron chi connectivity index (χ4n) is 2.34. The lowest BCUT2D eigenvalue weighted by atomic mass is 10.2. The normalized spacial score (nSPS) is 11.1. The van der Waals surface area contributed by atoms with E-state index in [1.165, 1.54) is 30.0 Å². The third kappa shape index (κ3) is 4.62. The number of nitrogens with one attached hydrogen (secondary N) is 1. The molecule has 0 atom stereocenters. The van der Waals surface area contributed by atoms with Gasteiger partial charge in [0.25, 0.3) is 11.6 Å². The summed E-state index contributed by atoms with van der Waals surface area (Å²) < 4.78 is 5.64. The first-order chi connectivity index (χ1) is 13.9. The molecule has 2 heterocycles. The van der Waals surface area contributed by atoms with Gasteiger partial charge in [-0.05, 0) is 36.6 Å². The van der Waals surface area contributed by atoms with E-state index in [1.54, 1.807) is 29.0 Å². The molecule has 3 rings (SSSR count). The van der Waals surface area contributed by atoms with Gasteiger partial charge in [-0.3, -0.25) is 20.2 Å². The lowest BCUT2D eigenvalue weighted by Gasteiger charge is -2.08. The van der Waals surface area contributed by atoms with Crippen LogP contribution in [0.3, 0.4) is 0 Å². The Morgan fingerprint density at radius 1 is 1.48 bits per heavy atom. The average molecular weight is 447 g/mol. The van der Waals surface area contributed by atoms with Crippen LogP contribution in [0, 0.1) is 21.4 Å². The van der Waals surface area contributed by atoms with E-state index in [1.807, 2.05) is 12.3 Å². The largest absolute Gasteiger partial charge is 0.317 e. The van der Waals surface area contributed by atoms with Crippen molar-refractivity contribution in [1.82, 2.24) is 13.9 Å². The molecule has 0 saturated carbocycles. The molecule has 3 aromatic rings. The first kappa shape index (κ1) is 20.5. The van der Waals surface area contributed by atoms with Crippen LogP contribution in [0.25, 0.3) is 11.8 Å². The highest BCUT2D eigenvalue weighted by atomic mass is 35.5. The number of carbonyl (C=O) groups excluding carboxylic acids is 1. The van der Waals surface area contributed by atoms with Crippen molar-refractivity contribution >= 4 is 57.7 Å². The average Bonchev–Trinajstić information content (AvgIpc) is 3.35. The minimum Gasteiger partial charge on any atom is -0.317 e. The molecular formula is C17H11ClN6O3S2. The Kier molecular flexibility index (Phi) is 6.28. The second-order valence-electron chi connectivity index (χ2n) is 5.41. The quantitative estimate of drug-likeness (QED) is 0.198. The maximum atomic E-state index is 12.4. The fourth-order valence-corrected chi connectivity index (χ4v) is 3.65. The second kappa shape index (κ2) is 8.87. The number of anilines is 1. The molecule has 1 amide bonds. The van der Waals surface area contributed by atoms with Crippen molar-refractivity contribution in [3.05, 3.63) is 62.9 Å².